The molecule has 0 radical (unpaired) electrons. The molecule has 0 bridgehead atoms. The number of carbonyl (C=O) groups excluding carboxylic acids is 1. The number of anilines is 4. The van der Waals surface area contributed by atoms with Crippen molar-refractivity contribution in [1.82, 2.24) is 20.3 Å². The average molecular weight is 524 g/mol. The SMILES string of the molecule is CCS(=O)(=O)Nc1cc(C)ncc1CNc1nc(Nc2ccc(C(=O)NC)cc2)ncc1C(F)(F)F. The maximum atomic E-state index is 13.6. The third-order valence-corrected chi connectivity index (χ3v) is 6.23. The summed E-state index contributed by atoms with van der Waals surface area (Å²) in [5.41, 5.74) is 0.809. The van der Waals surface area contributed by atoms with E-state index in [2.05, 4.69) is 35.6 Å². The molecule has 0 unspecified atom stereocenters. The number of alkyl halides is 3. The van der Waals surface area contributed by atoms with E-state index in [1.54, 1.807) is 19.1 Å². The normalized spacial score (nSPS) is 11.6. The predicted molar refractivity (Wildman–Crippen MR) is 130 cm³/mol. The lowest BCUT2D eigenvalue weighted by Gasteiger charge is -2.17. The van der Waals surface area contributed by atoms with E-state index in [9.17, 15) is 26.4 Å². The average Bonchev–Trinajstić information content (AvgIpc) is 2.82. The van der Waals surface area contributed by atoms with Crippen LogP contribution in [0.2, 0.25) is 0 Å². The molecule has 2 aromatic heterocycles. The highest BCUT2D eigenvalue weighted by molar-refractivity contribution is 7.92. The summed E-state index contributed by atoms with van der Waals surface area (Å²) < 4.78 is 67.3. The number of rotatable bonds is 9. The fraction of sp³-hybridized carbons (Fsp3) is 0.273. The second-order valence-corrected chi connectivity index (χ2v) is 9.59. The van der Waals surface area contributed by atoms with Gasteiger partial charge < -0.3 is 16.0 Å². The zero-order valence-corrected chi connectivity index (χ0v) is 20.4. The first kappa shape index (κ1) is 26.7. The van der Waals surface area contributed by atoms with Gasteiger partial charge >= 0.3 is 6.18 Å². The van der Waals surface area contributed by atoms with Crippen LogP contribution in [0.5, 0.6) is 0 Å². The van der Waals surface area contributed by atoms with Gasteiger partial charge in [-0.1, -0.05) is 0 Å². The smallest absolute Gasteiger partial charge is 0.365 e. The number of aryl methyl sites for hydroxylation is 1. The van der Waals surface area contributed by atoms with Gasteiger partial charge in [0.05, 0.1) is 11.4 Å². The highest BCUT2D eigenvalue weighted by Gasteiger charge is 2.35. The van der Waals surface area contributed by atoms with Gasteiger partial charge in [-0.3, -0.25) is 14.5 Å². The van der Waals surface area contributed by atoms with Crippen molar-refractivity contribution in [2.75, 3.05) is 28.2 Å². The molecule has 0 atom stereocenters. The van der Waals surface area contributed by atoms with Crippen LogP contribution in [0.1, 0.15) is 34.1 Å². The van der Waals surface area contributed by atoms with Gasteiger partial charge in [0, 0.05) is 48.5 Å². The molecule has 0 fully saturated rings. The first-order valence-corrected chi connectivity index (χ1v) is 12.3. The molecule has 0 aliphatic heterocycles. The van der Waals surface area contributed by atoms with Gasteiger partial charge in [0.2, 0.25) is 16.0 Å². The fourth-order valence-electron chi connectivity index (χ4n) is 3.01. The number of pyridine rings is 1. The van der Waals surface area contributed by atoms with Gasteiger partial charge in [0.15, 0.2) is 0 Å². The molecule has 10 nitrogen and oxygen atoms in total. The number of hydrogen-bond acceptors (Lipinski definition) is 8. The Labute approximate surface area is 205 Å². The summed E-state index contributed by atoms with van der Waals surface area (Å²) in [5, 5.41) is 7.90. The number of nitrogens with one attached hydrogen (secondary N) is 4. The highest BCUT2D eigenvalue weighted by Crippen LogP contribution is 2.34. The molecule has 0 aliphatic rings. The van der Waals surface area contributed by atoms with Crippen LogP contribution in [0, 0.1) is 6.92 Å². The molecule has 4 N–H and O–H groups in total. The third kappa shape index (κ3) is 6.81. The Kier molecular flexibility index (Phi) is 7.97. The number of carbonyl (C=O) groups is 1. The zero-order valence-electron chi connectivity index (χ0n) is 19.6. The minimum Gasteiger partial charge on any atom is -0.365 e. The molecule has 3 aromatic rings. The first-order valence-electron chi connectivity index (χ1n) is 10.6. The van der Waals surface area contributed by atoms with E-state index in [1.807, 2.05) is 0 Å². The molecule has 1 amide bonds. The van der Waals surface area contributed by atoms with Gasteiger partial charge in [0.25, 0.3) is 5.91 Å². The highest BCUT2D eigenvalue weighted by atomic mass is 32.2. The maximum absolute atomic E-state index is 13.6. The van der Waals surface area contributed by atoms with Gasteiger partial charge in [-0.2, -0.15) is 18.2 Å². The molecule has 1 aromatic carbocycles. The number of aromatic nitrogens is 3. The van der Waals surface area contributed by atoms with E-state index in [1.165, 1.54) is 38.4 Å². The van der Waals surface area contributed by atoms with E-state index in [4.69, 9.17) is 0 Å². The van der Waals surface area contributed by atoms with Gasteiger partial charge in [-0.05, 0) is 44.2 Å². The Morgan fingerprint density at radius 2 is 1.78 bits per heavy atom. The first-order chi connectivity index (χ1) is 16.9. The van der Waals surface area contributed by atoms with Crippen molar-refractivity contribution in [3.05, 3.63) is 65.1 Å². The van der Waals surface area contributed by atoms with E-state index in [-0.39, 0.29) is 29.8 Å². The van der Waals surface area contributed by atoms with Crippen LogP contribution in [0.25, 0.3) is 0 Å². The van der Waals surface area contributed by atoms with E-state index in [0.29, 0.717) is 28.7 Å². The van der Waals surface area contributed by atoms with E-state index < -0.39 is 27.6 Å². The van der Waals surface area contributed by atoms with Crippen molar-refractivity contribution in [3.8, 4) is 0 Å². The molecule has 2 heterocycles. The molecule has 14 heteroatoms. The molecule has 36 heavy (non-hydrogen) atoms. The number of sulfonamides is 1. The lowest BCUT2D eigenvalue weighted by molar-refractivity contribution is -0.137. The number of halogens is 3. The van der Waals surface area contributed by atoms with Crippen molar-refractivity contribution in [2.45, 2.75) is 26.6 Å². The lowest BCUT2D eigenvalue weighted by atomic mass is 10.2. The number of amides is 1. The number of benzene rings is 1. The summed E-state index contributed by atoms with van der Waals surface area (Å²) in [5.74, 6) is -1.09. The van der Waals surface area contributed by atoms with Crippen LogP contribution in [-0.2, 0) is 22.7 Å². The monoisotopic (exact) mass is 523 g/mol. The minimum absolute atomic E-state index is 0.118. The van der Waals surface area contributed by atoms with Crippen LogP contribution in [0.3, 0.4) is 0 Å². The zero-order chi connectivity index (χ0) is 26.5. The largest absolute Gasteiger partial charge is 0.421 e. The lowest BCUT2D eigenvalue weighted by Crippen LogP contribution is -2.18. The molecule has 0 spiro atoms. The topological polar surface area (TPSA) is 138 Å². The summed E-state index contributed by atoms with van der Waals surface area (Å²) in [6.07, 6.45) is -2.73. The maximum Gasteiger partial charge on any atom is 0.421 e. The molecule has 192 valence electrons. The van der Waals surface area contributed by atoms with E-state index in [0.717, 1.165) is 0 Å². The minimum atomic E-state index is -4.74. The molecular weight excluding hydrogens is 499 g/mol. The Morgan fingerprint density at radius 3 is 2.39 bits per heavy atom. The van der Waals surface area contributed by atoms with Gasteiger partial charge in [-0.25, -0.2) is 13.4 Å². The summed E-state index contributed by atoms with van der Waals surface area (Å²) in [4.78, 5) is 23.5. The molecule has 3 rings (SSSR count). The molecule has 0 saturated heterocycles. The third-order valence-electron chi connectivity index (χ3n) is 4.94. The van der Waals surface area contributed by atoms with Crippen molar-refractivity contribution in [3.63, 3.8) is 0 Å². The Morgan fingerprint density at radius 1 is 1.08 bits per heavy atom. The van der Waals surface area contributed by atoms with Gasteiger partial charge in [0.1, 0.15) is 11.4 Å². The molecule has 0 aliphatic carbocycles. The fourth-order valence-corrected chi connectivity index (χ4v) is 3.67. The number of nitrogens with zero attached hydrogens (tertiary/aromatic N) is 3. The Bertz CT molecular complexity index is 1350. The van der Waals surface area contributed by atoms with Crippen molar-refractivity contribution < 1.29 is 26.4 Å². The van der Waals surface area contributed by atoms with Crippen LogP contribution in [0.15, 0.2) is 42.7 Å². The van der Waals surface area contributed by atoms with Crippen LogP contribution in [0.4, 0.5) is 36.3 Å². The van der Waals surface area contributed by atoms with Crippen molar-refractivity contribution in [2.24, 2.45) is 0 Å². The number of hydrogen-bond donors (Lipinski definition) is 4. The standard InChI is InChI=1S/C22H24F3N7O3S/c1-4-36(34,35)32-18-9-13(2)27-10-15(18)11-28-19-17(22(23,24)25)12-29-21(31-19)30-16-7-5-14(6-8-16)20(33)26-3/h5-10,12H,4,11H2,1-3H3,(H,26,33)(H,27,32)(H2,28,29,30,31). The molecule has 0 saturated carbocycles. The van der Waals surface area contributed by atoms with Crippen LogP contribution < -0.4 is 20.7 Å². The summed E-state index contributed by atoms with van der Waals surface area (Å²) >= 11 is 0. The van der Waals surface area contributed by atoms with E-state index >= 15 is 0 Å². The predicted octanol–water partition coefficient (Wildman–Crippen LogP) is 3.68. The Hall–Kier alpha value is -3.94. The quantitative estimate of drug-likeness (QED) is 0.333. The Balaban J connectivity index is 1.87. The van der Waals surface area contributed by atoms with Crippen molar-refractivity contribution in [1.29, 1.82) is 0 Å². The van der Waals surface area contributed by atoms with Crippen LogP contribution in [-0.4, -0.2) is 42.1 Å². The summed E-state index contributed by atoms with van der Waals surface area (Å²) in [7, 11) is -2.13. The summed E-state index contributed by atoms with van der Waals surface area (Å²) in [6, 6.07) is 7.68. The van der Waals surface area contributed by atoms with Gasteiger partial charge in [-0.15, -0.1) is 0 Å². The van der Waals surface area contributed by atoms with Crippen LogP contribution >= 0.6 is 0 Å². The summed E-state index contributed by atoms with van der Waals surface area (Å²) in [6.45, 7) is 2.92. The second-order valence-electron chi connectivity index (χ2n) is 7.58. The van der Waals surface area contributed by atoms with Crippen molar-refractivity contribution >= 4 is 39.1 Å². The second kappa shape index (κ2) is 10.8. The molecular formula is C22H24F3N7O3S.